The molecule has 1 aromatic carbocycles. The van der Waals surface area contributed by atoms with Crippen molar-refractivity contribution in [3.63, 3.8) is 0 Å². The zero-order chi connectivity index (χ0) is 10.9. The maximum absolute atomic E-state index is 9.19. The third-order valence-corrected chi connectivity index (χ3v) is 3.41. The SMILES string of the molecule is CC(N)c1ccc(C2(C#N)CCC2)cc1. The van der Waals surface area contributed by atoms with Crippen LogP contribution in [-0.2, 0) is 5.41 Å². The van der Waals surface area contributed by atoms with Gasteiger partial charge in [0.25, 0.3) is 0 Å². The van der Waals surface area contributed by atoms with Gasteiger partial charge in [-0.1, -0.05) is 24.3 Å². The Bertz CT molecular complexity index is 380. The molecule has 2 nitrogen and oxygen atoms in total. The van der Waals surface area contributed by atoms with Crippen molar-refractivity contribution in [3.05, 3.63) is 35.4 Å². The molecule has 1 aromatic rings. The summed E-state index contributed by atoms with van der Waals surface area (Å²) in [6, 6.07) is 10.7. The van der Waals surface area contributed by atoms with Gasteiger partial charge in [0.2, 0.25) is 0 Å². The summed E-state index contributed by atoms with van der Waals surface area (Å²) < 4.78 is 0. The van der Waals surface area contributed by atoms with E-state index in [4.69, 9.17) is 5.73 Å². The van der Waals surface area contributed by atoms with Crippen molar-refractivity contribution in [2.45, 2.75) is 37.6 Å². The fourth-order valence-electron chi connectivity index (χ4n) is 2.10. The van der Waals surface area contributed by atoms with Crippen LogP contribution < -0.4 is 5.73 Å². The van der Waals surface area contributed by atoms with Crippen molar-refractivity contribution in [2.24, 2.45) is 5.73 Å². The lowest BCUT2D eigenvalue weighted by Crippen LogP contribution is -2.32. The minimum atomic E-state index is -0.198. The number of hydrogen-bond acceptors (Lipinski definition) is 2. The van der Waals surface area contributed by atoms with Crippen LogP contribution in [0.4, 0.5) is 0 Å². The standard InChI is InChI=1S/C13H16N2/c1-10(15)11-3-5-12(6-4-11)13(9-14)7-2-8-13/h3-6,10H,2,7-8,15H2,1H3. The first-order chi connectivity index (χ1) is 7.18. The van der Waals surface area contributed by atoms with Crippen LogP contribution in [-0.4, -0.2) is 0 Å². The zero-order valence-corrected chi connectivity index (χ0v) is 9.03. The Kier molecular flexibility index (Phi) is 2.50. The highest BCUT2D eigenvalue weighted by Gasteiger charge is 2.38. The van der Waals surface area contributed by atoms with Crippen LogP contribution in [0.5, 0.6) is 0 Å². The van der Waals surface area contributed by atoms with E-state index in [1.165, 1.54) is 6.42 Å². The molecule has 0 heterocycles. The van der Waals surface area contributed by atoms with E-state index in [9.17, 15) is 5.26 Å². The van der Waals surface area contributed by atoms with Gasteiger partial charge in [0.15, 0.2) is 0 Å². The maximum Gasteiger partial charge on any atom is 0.0822 e. The highest BCUT2D eigenvalue weighted by molar-refractivity contribution is 5.37. The Balaban J connectivity index is 2.28. The van der Waals surface area contributed by atoms with E-state index in [1.807, 2.05) is 19.1 Å². The fourth-order valence-corrected chi connectivity index (χ4v) is 2.10. The minimum absolute atomic E-state index is 0.0680. The fraction of sp³-hybridized carbons (Fsp3) is 0.462. The van der Waals surface area contributed by atoms with Gasteiger partial charge < -0.3 is 5.73 Å². The second-order valence-electron chi connectivity index (χ2n) is 4.46. The van der Waals surface area contributed by atoms with E-state index in [0.717, 1.165) is 24.0 Å². The van der Waals surface area contributed by atoms with Crippen LogP contribution in [0.2, 0.25) is 0 Å². The molecule has 0 bridgehead atoms. The normalized spacial score (nSPS) is 20.1. The molecule has 2 heteroatoms. The van der Waals surface area contributed by atoms with E-state index in [1.54, 1.807) is 0 Å². The van der Waals surface area contributed by atoms with E-state index in [0.29, 0.717) is 0 Å². The largest absolute Gasteiger partial charge is 0.324 e. The molecule has 1 fully saturated rings. The highest BCUT2D eigenvalue weighted by Crippen LogP contribution is 2.43. The summed E-state index contributed by atoms with van der Waals surface area (Å²) in [6.45, 7) is 1.97. The van der Waals surface area contributed by atoms with Crippen molar-refractivity contribution in [2.75, 3.05) is 0 Å². The first-order valence-electron chi connectivity index (χ1n) is 5.45. The molecule has 78 valence electrons. The van der Waals surface area contributed by atoms with Gasteiger partial charge in [0.1, 0.15) is 0 Å². The third-order valence-electron chi connectivity index (χ3n) is 3.41. The number of rotatable bonds is 2. The monoisotopic (exact) mass is 200 g/mol. The smallest absolute Gasteiger partial charge is 0.0822 e. The van der Waals surface area contributed by atoms with Gasteiger partial charge in [0.05, 0.1) is 11.5 Å². The lowest BCUT2D eigenvalue weighted by molar-refractivity contribution is 0.324. The lowest BCUT2D eigenvalue weighted by atomic mass is 9.65. The van der Waals surface area contributed by atoms with Crippen LogP contribution in [0.3, 0.4) is 0 Å². The molecular weight excluding hydrogens is 184 g/mol. The first kappa shape index (κ1) is 10.2. The van der Waals surface area contributed by atoms with E-state index < -0.39 is 0 Å². The Hall–Kier alpha value is -1.33. The molecule has 1 saturated carbocycles. The molecule has 1 atom stereocenters. The van der Waals surface area contributed by atoms with Gasteiger partial charge in [-0.3, -0.25) is 0 Å². The number of hydrogen-bond donors (Lipinski definition) is 1. The zero-order valence-electron chi connectivity index (χ0n) is 9.03. The van der Waals surface area contributed by atoms with Crippen LogP contribution in [0, 0.1) is 11.3 Å². The molecule has 0 aliphatic heterocycles. The summed E-state index contributed by atoms with van der Waals surface area (Å²) in [5.41, 5.74) is 7.87. The molecule has 0 amide bonds. The van der Waals surface area contributed by atoms with E-state index in [2.05, 4.69) is 18.2 Å². The summed E-state index contributed by atoms with van der Waals surface area (Å²) >= 11 is 0. The Morgan fingerprint density at radius 1 is 1.33 bits per heavy atom. The molecule has 1 unspecified atom stereocenters. The van der Waals surface area contributed by atoms with Gasteiger partial charge >= 0.3 is 0 Å². The predicted octanol–water partition coefficient (Wildman–Crippen LogP) is 2.65. The summed E-state index contributed by atoms with van der Waals surface area (Å²) in [6.07, 6.45) is 3.17. The Labute approximate surface area is 90.7 Å². The van der Waals surface area contributed by atoms with Crippen LogP contribution in [0.15, 0.2) is 24.3 Å². The van der Waals surface area contributed by atoms with Gasteiger partial charge in [-0.25, -0.2) is 0 Å². The van der Waals surface area contributed by atoms with E-state index in [-0.39, 0.29) is 11.5 Å². The molecule has 0 radical (unpaired) electrons. The number of nitriles is 1. The van der Waals surface area contributed by atoms with Crippen molar-refractivity contribution < 1.29 is 0 Å². The minimum Gasteiger partial charge on any atom is -0.324 e. The second kappa shape index (κ2) is 3.67. The predicted molar refractivity (Wildman–Crippen MR) is 60.2 cm³/mol. The van der Waals surface area contributed by atoms with Gasteiger partial charge in [0, 0.05) is 6.04 Å². The summed E-state index contributed by atoms with van der Waals surface area (Å²) in [5, 5.41) is 9.19. The number of nitrogens with zero attached hydrogens (tertiary/aromatic N) is 1. The van der Waals surface area contributed by atoms with Crippen molar-refractivity contribution in [1.82, 2.24) is 0 Å². The molecule has 15 heavy (non-hydrogen) atoms. The maximum atomic E-state index is 9.19. The second-order valence-corrected chi connectivity index (χ2v) is 4.46. The van der Waals surface area contributed by atoms with Crippen LogP contribution >= 0.6 is 0 Å². The Morgan fingerprint density at radius 3 is 2.27 bits per heavy atom. The van der Waals surface area contributed by atoms with Crippen LogP contribution in [0.25, 0.3) is 0 Å². The lowest BCUT2D eigenvalue weighted by Gasteiger charge is -2.35. The first-order valence-corrected chi connectivity index (χ1v) is 5.45. The quantitative estimate of drug-likeness (QED) is 0.797. The van der Waals surface area contributed by atoms with Gasteiger partial charge in [-0.05, 0) is 37.3 Å². The summed E-state index contributed by atoms with van der Waals surface area (Å²) in [4.78, 5) is 0. The molecule has 0 spiro atoms. The van der Waals surface area contributed by atoms with Crippen molar-refractivity contribution in [1.29, 1.82) is 5.26 Å². The topological polar surface area (TPSA) is 49.8 Å². The molecule has 0 aromatic heterocycles. The molecule has 0 saturated heterocycles. The van der Waals surface area contributed by atoms with Gasteiger partial charge in [-0.15, -0.1) is 0 Å². The average molecular weight is 200 g/mol. The molecule has 2 rings (SSSR count). The van der Waals surface area contributed by atoms with E-state index >= 15 is 0 Å². The van der Waals surface area contributed by atoms with Crippen LogP contribution in [0.1, 0.15) is 43.4 Å². The summed E-state index contributed by atoms with van der Waals surface area (Å²) in [7, 11) is 0. The number of benzene rings is 1. The van der Waals surface area contributed by atoms with Crippen molar-refractivity contribution in [3.8, 4) is 6.07 Å². The average Bonchev–Trinajstić information content (AvgIpc) is 2.18. The highest BCUT2D eigenvalue weighted by atomic mass is 14.6. The molecule has 1 aliphatic rings. The molecule has 1 aliphatic carbocycles. The van der Waals surface area contributed by atoms with Crippen molar-refractivity contribution >= 4 is 0 Å². The third kappa shape index (κ3) is 1.64. The Morgan fingerprint density at radius 2 is 1.93 bits per heavy atom. The number of nitrogens with two attached hydrogens (primary N) is 1. The summed E-state index contributed by atoms with van der Waals surface area (Å²) in [5.74, 6) is 0. The molecular formula is C13H16N2. The molecule has 2 N–H and O–H groups in total. The van der Waals surface area contributed by atoms with Gasteiger partial charge in [-0.2, -0.15) is 5.26 Å².